The highest BCUT2D eigenvalue weighted by atomic mass is 35.5. The molecule has 5 rings (SSSR count). The van der Waals surface area contributed by atoms with Crippen molar-refractivity contribution in [3.05, 3.63) is 58.8 Å². The van der Waals surface area contributed by atoms with Crippen LogP contribution in [0.25, 0.3) is 16.8 Å². The molecule has 5 heterocycles. The van der Waals surface area contributed by atoms with Crippen LogP contribution in [0.1, 0.15) is 23.1 Å². The number of aliphatic hydroxyl groups excluding tert-OH is 1. The minimum Gasteiger partial charge on any atom is -0.493 e. The standard InChI is InChI=1S/C23H25ClN6O3/c1-14-18-5-6-25-7-8-29(18)28-22(14)15-9-19(23-20(32-2)11-27-30(23)12-15)33-21(13-31)17-4-3-16(24)10-26-17/h3-4,9-12,21,25,31H,5-8,13H2,1-2H3. The average molecular weight is 469 g/mol. The van der Waals surface area contributed by atoms with Gasteiger partial charge < -0.3 is 19.9 Å². The van der Waals surface area contributed by atoms with Crippen molar-refractivity contribution < 1.29 is 14.6 Å². The molecule has 1 aliphatic heterocycles. The number of nitrogens with zero attached hydrogens (tertiary/aromatic N) is 5. The third kappa shape index (κ3) is 4.03. The predicted molar refractivity (Wildman–Crippen MR) is 124 cm³/mol. The Morgan fingerprint density at radius 1 is 1.24 bits per heavy atom. The third-order valence-corrected chi connectivity index (χ3v) is 6.13. The Kier molecular flexibility index (Phi) is 5.92. The molecule has 1 unspecified atom stereocenters. The second kappa shape index (κ2) is 9.01. The Morgan fingerprint density at radius 2 is 2.12 bits per heavy atom. The molecule has 0 radical (unpaired) electrons. The highest BCUT2D eigenvalue weighted by Gasteiger charge is 2.23. The van der Waals surface area contributed by atoms with E-state index in [-0.39, 0.29) is 6.61 Å². The average Bonchev–Trinajstić information content (AvgIpc) is 3.29. The SMILES string of the molecule is COc1cnn2cc(-c3nn4c(c3C)CCNCC4)cc(OC(CO)c3ccc(Cl)cn3)c12. The molecule has 4 aromatic heterocycles. The lowest BCUT2D eigenvalue weighted by atomic mass is 10.1. The molecule has 0 amide bonds. The largest absolute Gasteiger partial charge is 0.493 e. The van der Waals surface area contributed by atoms with Crippen LogP contribution < -0.4 is 14.8 Å². The number of pyridine rings is 2. The molecule has 33 heavy (non-hydrogen) atoms. The van der Waals surface area contributed by atoms with E-state index in [9.17, 15) is 5.11 Å². The molecule has 0 saturated heterocycles. The molecule has 4 aromatic rings. The molecular formula is C23H25ClN6O3. The quantitative estimate of drug-likeness (QED) is 0.449. The topological polar surface area (TPSA) is 98.7 Å². The van der Waals surface area contributed by atoms with Crippen molar-refractivity contribution in [1.82, 2.24) is 29.7 Å². The highest BCUT2D eigenvalue weighted by Crippen LogP contribution is 2.36. The summed E-state index contributed by atoms with van der Waals surface area (Å²) in [5.41, 5.74) is 5.36. The zero-order chi connectivity index (χ0) is 22.9. The molecule has 1 atom stereocenters. The molecule has 0 aliphatic carbocycles. The van der Waals surface area contributed by atoms with Crippen LogP contribution in [0, 0.1) is 6.92 Å². The van der Waals surface area contributed by atoms with E-state index in [1.54, 1.807) is 30.0 Å². The van der Waals surface area contributed by atoms with Crippen molar-refractivity contribution in [1.29, 1.82) is 0 Å². The van der Waals surface area contributed by atoms with Gasteiger partial charge in [-0.1, -0.05) is 11.6 Å². The van der Waals surface area contributed by atoms with E-state index in [1.807, 2.05) is 12.3 Å². The van der Waals surface area contributed by atoms with Crippen LogP contribution in [0.5, 0.6) is 11.5 Å². The Labute approximate surface area is 195 Å². The summed E-state index contributed by atoms with van der Waals surface area (Å²) in [6.45, 7) is 4.49. The fourth-order valence-corrected chi connectivity index (χ4v) is 4.34. The fraction of sp³-hybridized carbons (Fsp3) is 0.348. The summed E-state index contributed by atoms with van der Waals surface area (Å²) in [4.78, 5) is 4.31. The molecule has 0 saturated carbocycles. The van der Waals surface area contributed by atoms with E-state index in [0.717, 1.165) is 42.9 Å². The van der Waals surface area contributed by atoms with Gasteiger partial charge in [0.2, 0.25) is 0 Å². The number of aromatic nitrogens is 5. The molecule has 0 fully saturated rings. The van der Waals surface area contributed by atoms with Gasteiger partial charge in [0.05, 0.1) is 42.9 Å². The van der Waals surface area contributed by atoms with E-state index in [1.165, 1.54) is 11.9 Å². The molecule has 0 bridgehead atoms. The van der Waals surface area contributed by atoms with Crippen LogP contribution in [-0.2, 0) is 13.0 Å². The summed E-state index contributed by atoms with van der Waals surface area (Å²) in [7, 11) is 1.59. The molecule has 0 aromatic carbocycles. The van der Waals surface area contributed by atoms with Crippen LogP contribution in [0.3, 0.4) is 0 Å². The summed E-state index contributed by atoms with van der Waals surface area (Å²) in [6.07, 6.45) is 5.33. The number of hydrogen-bond donors (Lipinski definition) is 2. The van der Waals surface area contributed by atoms with Crippen LogP contribution >= 0.6 is 11.6 Å². The third-order valence-electron chi connectivity index (χ3n) is 5.91. The second-order valence-corrected chi connectivity index (χ2v) is 8.37. The van der Waals surface area contributed by atoms with Crippen LogP contribution in [0.15, 0.2) is 36.8 Å². The molecule has 2 N–H and O–H groups in total. The number of methoxy groups -OCH3 is 1. The molecule has 0 spiro atoms. The zero-order valence-corrected chi connectivity index (χ0v) is 19.2. The van der Waals surface area contributed by atoms with Gasteiger partial charge in [-0.3, -0.25) is 9.67 Å². The first-order valence-electron chi connectivity index (χ1n) is 10.8. The van der Waals surface area contributed by atoms with E-state index in [0.29, 0.717) is 27.7 Å². The molecule has 10 heteroatoms. The number of nitrogens with one attached hydrogen (secondary N) is 1. The minimum atomic E-state index is -0.688. The smallest absolute Gasteiger partial charge is 0.168 e. The van der Waals surface area contributed by atoms with E-state index in [4.69, 9.17) is 26.2 Å². The van der Waals surface area contributed by atoms with Crippen LogP contribution in [0.4, 0.5) is 0 Å². The van der Waals surface area contributed by atoms with Crippen molar-refractivity contribution in [2.75, 3.05) is 26.8 Å². The highest BCUT2D eigenvalue weighted by molar-refractivity contribution is 6.30. The fourth-order valence-electron chi connectivity index (χ4n) is 4.23. The van der Waals surface area contributed by atoms with E-state index >= 15 is 0 Å². The van der Waals surface area contributed by atoms with Crippen LogP contribution in [-0.4, -0.2) is 56.3 Å². The maximum atomic E-state index is 10.1. The summed E-state index contributed by atoms with van der Waals surface area (Å²) in [6, 6.07) is 5.38. The van der Waals surface area contributed by atoms with Gasteiger partial charge in [-0.25, -0.2) is 4.52 Å². The first kappa shape index (κ1) is 21.7. The second-order valence-electron chi connectivity index (χ2n) is 7.93. The number of hydrogen-bond acceptors (Lipinski definition) is 7. The zero-order valence-electron chi connectivity index (χ0n) is 18.5. The van der Waals surface area contributed by atoms with Crippen molar-refractivity contribution in [2.45, 2.75) is 26.0 Å². The summed E-state index contributed by atoms with van der Waals surface area (Å²) in [5, 5.41) is 23.3. The molecular weight excluding hydrogens is 444 g/mol. The van der Waals surface area contributed by atoms with Gasteiger partial charge in [-0.15, -0.1) is 0 Å². The maximum absolute atomic E-state index is 10.1. The van der Waals surface area contributed by atoms with Gasteiger partial charge in [0.1, 0.15) is 0 Å². The van der Waals surface area contributed by atoms with Crippen molar-refractivity contribution >= 4 is 17.1 Å². The van der Waals surface area contributed by atoms with E-state index < -0.39 is 6.10 Å². The van der Waals surface area contributed by atoms with Gasteiger partial charge in [0.25, 0.3) is 0 Å². The Hall–Kier alpha value is -3.14. The van der Waals surface area contributed by atoms with Crippen molar-refractivity contribution in [3.63, 3.8) is 0 Å². The first-order valence-corrected chi connectivity index (χ1v) is 11.2. The first-order chi connectivity index (χ1) is 16.1. The van der Waals surface area contributed by atoms with Crippen LogP contribution in [0.2, 0.25) is 5.02 Å². The van der Waals surface area contributed by atoms with Crippen molar-refractivity contribution in [2.24, 2.45) is 0 Å². The Bertz CT molecular complexity index is 1280. The lowest BCUT2D eigenvalue weighted by Crippen LogP contribution is -2.17. The van der Waals surface area contributed by atoms with Gasteiger partial charge in [0.15, 0.2) is 23.1 Å². The van der Waals surface area contributed by atoms with Gasteiger partial charge in [-0.2, -0.15) is 10.2 Å². The number of halogens is 1. The van der Waals surface area contributed by atoms with E-state index in [2.05, 4.69) is 27.0 Å². The van der Waals surface area contributed by atoms with Crippen molar-refractivity contribution in [3.8, 4) is 22.8 Å². The Morgan fingerprint density at radius 3 is 2.88 bits per heavy atom. The number of rotatable bonds is 6. The normalized spacial score (nSPS) is 14.7. The predicted octanol–water partition coefficient (Wildman–Crippen LogP) is 2.82. The minimum absolute atomic E-state index is 0.258. The maximum Gasteiger partial charge on any atom is 0.168 e. The number of aliphatic hydroxyl groups is 1. The molecule has 172 valence electrons. The monoisotopic (exact) mass is 468 g/mol. The summed E-state index contributed by atoms with van der Waals surface area (Å²) >= 11 is 5.97. The Balaban J connectivity index is 1.61. The number of fused-ring (bicyclic) bond motifs is 2. The lowest BCUT2D eigenvalue weighted by Gasteiger charge is -2.18. The molecule has 1 aliphatic rings. The summed E-state index contributed by atoms with van der Waals surface area (Å²) < 4.78 is 15.6. The van der Waals surface area contributed by atoms with Gasteiger partial charge >= 0.3 is 0 Å². The van der Waals surface area contributed by atoms with Gasteiger partial charge in [-0.05, 0) is 30.7 Å². The number of ether oxygens (including phenoxy) is 2. The summed E-state index contributed by atoms with van der Waals surface area (Å²) in [5.74, 6) is 1.09. The van der Waals surface area contributed by atoms with Gasteiger partial charge in [0, 0.05) is 43.2 Å². The lowest BCUT2D eigenvalue weighted by molar-refractivity contribution is 0.114. The molecule has 9 nitrogen and oxygen atoms in total.